The predicted octanol–water partition coefficient (Wildman–Crippen LogP) is 5.74. The van der Waals surface area contributed by atoms with Crippen molar-refractivity contribution >= 4 is 12.0 Å². The highest BCUT2D eigenvalue weighted by Crippen LogP contribution is 2.64. The molecule has 0 heterocycles. The van der Waals surface area contributed by atoms with Gasteiger partial charge in [0.05, 0.1) is 5.60 Å². The number of hydrogen-bond donors (Lipinski definition) is 1. The van der Waals surface area contributed by atoms with Gasteiger partial charge in [0.1, 0.15) is 5.78 Å². The third-order valence-corrected chi connectivity index (χ3v) is 9.39. The topological polar surface area (TPSA) is 49.7 Å². The van der Waals surface area contributed by atoms with Crippen LogP contribution in [0.1, 0.15) is 78.1 Å². The summed E-state index contributed by atoms with van der Waals surface area (Å²) in [4.78, 5) is 17.2. The van der Waals surface area contributed by atoms with E-state index in [1.807, 2.05) is 6.92 Å². The molecule has 0 aromatic heterocycles. The standard InChI is InChI=1S/C26H39NO2/c1-5-27-16-17(2)14-24(28)23-9-8-22-21-7-6-18-15-25(3,29)12-10-19(18)20(21)11-13-26(22,23)4/h5,16,18-23,29H,1-2,6-15H2,3-4H3/t18-,19+,20-,21-,22+,23-,25-,26+/m1/s1. The second-order valence-corrected chi connectivity index (χ2v) is 11.1. The van der Waals surface area contributed by atoms with Gasteiger partial charge in [-0.25, -0.2) is 0 Å². The fourth-order valence-corrected chi connectivity index (χ4v) is 8.16. The summed E-state index contributed by atoms with van der Waals surface area (Å²) in [6, 6.07) is 0. The van der Waals surface area contributed by atoms with Crippen LogP contribution in [-0.4, -0.2) is 22.7 Å². The summed E-state index contributed by atoms with van der Waals surface area (Å²) in [5, 5.41) is 10.6. The summed E-state index contributed by atoms with van der Waals surface area (Å²) in [6.07, 6.45) is 14.1. The summed E-state index contributed by atoms with van der Waals surface area (Å²) in [6.45, 7) is 12.1. The van der Waals surface area contributed by atoms with E-state index in [1.54, 1.807) is 6.21 Å². The highest BCUT2D eigenvalue weighted by Gasteiger charge is 2.58. The second-order valence-electron chi connectivity index (χ2n) is 11.1. The Bertz CT molecular complexity index is 707. The number of ketones is 1. The Morgan fingerprint density at radius 1 is 1.07 bits per heavy atom. The Morgan fingerprint density at radius 2 is 1.83 bits per heavy atom. The van der Waals surface area contributed by atoms with Gasteiger partial charge < -0.3 is 5.11 Å². The van der Waals surface area contributed by atoms with Gasteiger partial charge in [0, 0.05) is 24.8 Å². The normalized spacial score (nSPS) is 46.6. The minimum absolute atomic E-state index is 0.168. The highest BCUT2D eigenvalue weighted by molar-refractivity contribution is 5.92. The third kappa shape index (κ3) is 3.80. The number of aliphatic hydroxyl groups is 1. The lowest BCUT2D eigenvalue weighted by atomic mass is 9.49. The molecule has 3 heteroatoms. The summed E-state index contributed by atoms with van der Waals surface area (Å²) >= 11 is 0. The minimum atomic E-state index is -0.445. The zero-order valence-corrected chi connectivity index (χ0v) is 18.4. The number of carbonyl (C=O) groups is 1. The van der Waals surface area contributed by atoms with Gasteiger partial charge in [0.25, 0.3) is 0 Å². The average Bonchev–Trinajstić information content (AvgIpc) is 3.02. The first-order valence-corrected chi connectivity index (χ1v) is 11.8. The van der Waals surface area contributed by atoms with E-state index in [1.165, 1.54) is 44.7 Å². The molecule has 0 radical (unpaired) electrons. The zero-order chi connectivity index (χ0) is 20.8. The van der Waals surface area contributed by atoms with Gasteiger partial charge in [-0.15, -0.1) is 0 Å². The van der Waals surface area contributed by atoms with Crippen LogP contribution in [0.2, 0.25) is 0 Å². The van der Waals surface area contributed by atoms with Crippen LogP contribution in [0.25, 0.3) is 0 Å². The van der Waals surface area contributed by atoms with Crippen molar-refractivity contribution in [1.82, 2.24) is 0 Å². The molecule has 0 aromatic carbocycles. The first kappa shape index (κ1) is 21.0. The molecule has 0 saturated heterocycles. The Labute approximate surface area is 176 Å². The van der Waals surface area contributed by atoms with Gasteiger partial charge in [0.15, 0.2) is 0 Å². The molecule has 4 aliphatic rings. The Morgan fingerprint density at radius 3 is 2.59 bits per heavy atom. The van der Waals surface area contributed by atoms with E-state index in [0.717, 1.165) is 48.5 Å². The van der Waals surface area contributed by atoms with Crippen LogP contribution in [0.3, 0.4) is 0 Å². The van der Waals surface area contributed by atoms with Crippen molar-refractivity contribution in [3.05, 3.63) is 24.9 Å². The summed E-state index contributed by atoms with van der Waals surface area (Å²) in [7, 11) is 0. The third-order valence-electron chi connectivity index (χ3n) is 9.39. The fraction of sp³-hybridized carbons (Fsp3) is 0.769. The van der Waals surface area contributed by atoms with E-state index in [-0.39, 0.29) is 11.3 Å². The SMILES string of the molecule is C=CN=CC(=C)CC(=O)[C@H]1CC[C@H]2[C@@H]3CC[C@@H]4C[C@](C)(O)CC[C@@H]4[C@H]3CC[C@]12C. The minimum Gasteiger partial charge on any atom is -0.390 e. The van der Waals surface area contributed by atoms with Gasteiger partial charge in [-0.1, -0.05) is 20.1 Å². The Balaban J connectivity index is 1.46. The van der Waals surface area contributed by atoms with Crippen molar-refractivity contribution in [1.29, 1.82) is 0 Å². The lowest BCUT2D eigenvalue weighted by molar-refractivity contribution is -0.131. The molecule has 4 aliphatic carbocycles. The van der Waals surface area contributed by atoms with Gasteiger partial charge in [-0.2, -0.15) is 0 Å². The number of carbonyl (C=O) groups excluding carboxylic acids is 1. The molecule has 4 rings (SSSR count). The van der Waals surface area contributed by atoms with Crippen LogP contribution in [0.4, 0.5) is 0 Å². The zero-order valence-electron chi connectivity index (χ0n) is 18.4. The molecule has 0 aliphatic heterocycles. The van der Waals surface area contributed by atoms with Crippen molar-refractivity contribution in [2.45, 2.75) is 83.7 Å². The molecule has 0 unspecified atom stereocenters. The quantitative estimate of drug-likeness (QED) is 0.602. The largest absolute Gasteiger partial charge is 0.390 e. The van der Waals surface area contributed by atoms with Crippen LogP contribution < -0.4 is 0 Å². The van der Waals surface area contributed by atoms with Crippen molar-refractivity contribution in [3.63, 3.8) is 0 Å². The Kier molecular flexibility index (Phi) is 5.65. The van der Waals surface area contributed by atoms with Crippen molar-refractivity contribution in [3.8, 4) is 0 Å². The molecule has 0 amide bonds. The van der Waals surface area contributed by atoms with E-state index in [0.29, 0.717) is 18.1 Å². The molecular weight excluding hydrogens is 358 g/mol. The summed E-state index contributed by atoms with van der Waals surface area (Å²) in [5.74, 6) is 4.41. The van der Waals surface area contributed by atoms with Crippen LogP contribution >= 0.6 is 0 Å². The van der Waals surface area contributed by atoms with Crippen molar-refractivity contribution < 1.29 is 9.90 Å². The predicted molar refractivity (Wildman–Crippen MR) is 119 cm³/mol. The van der Waals surface area contributed by atoms with Crippen LogP contribution in [-0.2, 0) is 4.79 Å². The molecule has 4 fully saturated rings. The number of fused-ring (bicyclic) bond motifs is 5. The smallest absolute Gasteiger partial charge is 0.140 e. The number of allylic oxidation sites excluding steroid dienone is 1. The van der Waals surface area contributed by atoms with E-state index in [9.17, 15) is 9.90 Å². The average molecular weight is 398 g/mol. The maximum Gasteiger partial charge on any atom is 0.140 e. The van der Waals surface area contributed by atoms with Crippen molar-refractivity contribution in [2.24, 2.45) is 45.9 Å². The van der Waals surface area contributed by atoms with Crippen molar-refractivity contribution in [2.75, 3.05) is 0 Å². The maximum atomic E-state index is 13.2. The molecule has 3 nitrogen and oxygen atoms in total. The van der Waals surface area contributed by atoms with Gasteiger partial charge >= 0.3 is 0 Å². The van der Waals surface area contributed by atoms with E-state index < -0.39 is 5.60 Å². The van der Waals surface area contributed by atoms with E-state index in [4.69, 9.17) is 0 Å². The molecule has 1 N–H and O–H groups in total. The lowest BCUT2D eigenvalue weighted by Crippen LogP contribution is -2.51. The summed E-state index contributed by atoms with van der Waals surface area (Å²) < 4.78 is 0. The first-order valence-electron chi connectivity index (χ1n) is 11.8. The maximum absolute atomic E-state index is 13.2. The van der Waals surface area contributed by atoms with Gasteiger partial charge in [-0.3, -0.25) is 9.79 Å². The molecule has 0 spiro atoms. The number of rotatable bonds is 5. The van der Waals surface area contributed by atoms with E-state index >= 15 is 0 Å². The molecule has 8 atom stereocenters. The molecule has 0 aromatic rings. The monoisotopic (exact) mass is 397 g/mol. The fourth-order valence-electron chi connectivity index (χ4n) is 8.16. The molecule has 4 saturated carbocycles. The molecular formula is C26H39NO2. The van der Waals surface area contributed by atoms with Gasteiger partial charge in [-0.05, 0) is 105 Å². The summed E-state index contributed by atoms with van der Waals surface area (Å²) in [5.41, 5.74) is 0.519. The van der Waals surface area contributed by atoms with Gasteiger partial charge in [0.2, 0.25) is 0 Å². The number of aliphatic imine (C=N–C) groups is 1. The highest BCUT2D eigenvalue weighted by atomic mass is 16.3. The number of hydrogen-bond acceptors (Lipinski definition) is 3. The lowest BCUT2D eigenvalue weighted by Gasteiger charge is -2.56. The molecule has 0 bridgehead atoms. The Hall–Kier alpha value is -1.22. The van der Waals surface area contributed by atoms with E-state index in [2.05, 4.69) is 25.1 Å². The van der Waals surface area contributed by atoms with Crippen LogP contribution in [0.15, 0.2) is 29.9 Å². The van der Waals surface area contributed by atoms with Crippen LogP contribution in [0.5, 0.6) is 0 Å². The number of Topliss-reactive ketones (excluding diaryl/α,β-unsaturated/α-hetero) is 1. The first-order chi connectivity index (χ1) is 13.7. The molecule has 160 valence electrons. The van der Waals surface area contributed by atoms with Crippen LogP contribution in [0, 0.1) is 40.9 Å². The molecule has 29 heavy (non-hydrogen) atoms. The number of nitrogens with zero attached hydrogens (tertiary/aromatic N) is 1. The second kappa shape index (κ2) is 7.80.